The molecule has 6 heteroatoms. The summed E-state index contributed by atoms with van der Waals surface area (Å²) < 4.78 is 5.04. The zero-order valence-electron chi connectivity index (χ0n) is 12.1. The standard InChI is InChI=1S/C14H19N3O3/c1-8(2)5-10-6-11(16-7-15-10)17-13(18)9(3)12(20-4)14(17)19/h6-8,13,18H,5H2,1-4H3. The predicted octanol–water partition coefficient (Wildman–Crippen LogP) is 1.26. The quantitative estimate of drug-likeness (QED) is 0.896. The van der Waals surface area contributed by atoms with Gasteiger partial charge in [0.1, 0.15) is 12.1 Å². The molecule has 108 valence electrons. The minimum atomic E-state index is -1.04. The number of amides is 1. The number of aliphatic hydroxyl groups excluding tert-OH is 1. The summed E-state index contributed by atoms with van der Waals surface area (Å²) in [5.41, 5.74) is 1.33. The van der Waals surface area contributed by atoms with Gasteiger partial charge in [-0.2, -0.15) is 0 Å². The van der Waals surface area contributed by atoms with Gasteiger partial charge < -0.3 is 9.84 Å². The predicted molar refractivity (Wildman–Crippen MR) is 73.8 cm³/mol. The van der Waals surface area contributed by atoms with Crippen LogP contribution in [0.1, 0.15) is 26.5 Å². The first-order valence-electron chi connectivity index (χ1n) is 6.53. The van der Waals surface area contributed by atoms with Crippen LogP contribution < -0.4 is 4.90 Å². The van der Waals surface area contributed by atoms with E-state index in [-0.39, 0.29) is 11.7 Å². The molecule has 1 aliphatic rings. The molecule has 20 heavy (non-hydrogen) atoms. The molecule has 0 saturated heterocycles. The number of rotatable bonds is 4. The summed E-state index contributed by atoms with van der Waals surface area (Å²) in [6.45, 7) is 5.84. The van der Waals surface area contributed by atoms with Crippen molar-refractivity contribution in [2.75, 3.05) is 12.0 Å². The van der Waals surface area contributed by atoms with E-state index in [1.807, 2.05) is 0 Å². The molecular weight excluding hydrogens is 258 g/mol. The summed E-state index contributed by atoms with van der Waals surface area (Å²) in [6.07, 6.45) is 1.16. The summed E-state index contributed by atoms with van der Waals surface area (Å²) in [7, 11) is 1.41. The van der Waals surface area contributed by atoms with Gasteiger partial charge in [0.2, 0.25) is 0 Å². The van der Waals surface area contributed by atoms with Crippen LogP contribution in [0.4, 0.5) is 5.82 Å². The number of ether oxygens (including phenoxy) is 1. The highest BCUT2D eigenvalue weighted by Gasteiger charge is 2.38. The van der Waals surface area contributed by atoms with Crippen molar-refractivity contribution in [3.8, 4) is 0 Å². The molecule has 2 rings (SSSR count). The second-order valence-corrected chi connectivity index (χ2v) is 5.23. The van der Waals surface area contributed by atoms with E-state index in [9.17, 15) is 9.90 Å². The largest absolute Gasteiger partial charge is 0.491 e. The van der Waals surface area contributed by atoms with Crippen LogP contribution in [-0.2, 0) is 16.0 Å². The van der Waals surface area contributed by atoms with Gasteiger partial charge in [-0.05, 0) is 19.3 Å². The topological polar surface area (TPSA) is 75.6 Å². The molecule has 0 spiro atoms. The second kappa shape index (κ2) is 5.58. The molecular formula is C14H19N3O3. The van der Waals surface area contributed by atoms with E-state index in [4.69, 9.17) is 4.74 Å². The van der Waals surface area contributed by atoms with Crippen molar-refractivity contribution in [3.05, 3.63) is 29.4 Å². The summed E-state index contributed by atoms with van der Waals surface area (Å²) in [5.74, 6) is 0.624. The monoisotopic (exact) mass is 277 g/mol. The van der Waals surface area contributed by atoms with Crippen molar-refractivity contribution < 1.29 is 14.6 Å². The maximum atomic E-state index is 12.2. The molecule has 0 bridgehead atoms. The average Bonchev–Trinajstić information content (AvgIpc) is 2.59. The average molecular weight is 277 g/mol. The second-order valence-electron chi connectivity index (χ2n) is 5.23. The van der Waals surface area contributed by atoms with Gasteiger partial charge in [-0.25, -0.2) is 9.97 Å². The zero-order chi connectivity index (χ0) is 14.9. The van der Waals surface area contributed by atoms with Crippen LogP contribution in [0, 0.1) is 5.92 Å². The molecule has 0 aromatic carbocycles. The highest BCUT2D eigenvalue weighted by molar-refractivity contribution is 6.07. The van der Waals surface area contributed by atoms with Crippen LogP contribution in [0.2, 0.25) is 0 Å². The lowest BCUT2D eigenvalue weighted by atomic mass is 10.1. The fourth-order valence-corrected chi connectivity index (χ4v) is 2.23. The SMILES string of the molecule is COC1=C(C)C(O)N(c2cc(CC(C)C)ncn2)C1=O. The normalized spacial score (nSPS) is 19.2. The summed E-state index contributed by atoms with van der Waals surface area (Å²) in [6, 6.07) is 1.73. The van der Waals surface area contributed by atoms with Gasteiger partial charge in [0.15, 0.2) is 12.0 Å². The Labute approximate surface area is 118 Å². The lowest BCUT2D eigenvalue weighted by molar-refractivity contribution is -0.118. The fraction of sp³-hybridized carbons (Fsp3) is 0.500. The molecule has 2 heterocycles. The first-order chi connectivity index (χ1) is 9.45. The Morgan fingerprint density at radius 2 is 2.15 bits per heavy atom. The van der Waals surface area contributed by atoms with Crippen LogP contribution in [0.5, 0.6) is 0 Å². The van der Waals surface area contributed by atoms with Crippen LogP contribution >= 0.6 is 0 Å². The number of aliphatic hydroxyl groups is 1. The van der Waals surface area contributed by atoms with Gasteiger partial charge in [0.05, 0.1) is 7.11 Å². The smallest absolute Gasteiger partial charge is 0.297 e. The van der Waals surface area contributed by atoms with Crippen molar-refractivity contribution in [2.24, 2.45) is 5.92 Å². The molecule has 1 aromatic rings. The summed E-state index contributed by atoms with van der Waals surface area (Å²) >= 11 is 0. The highest BCUT2D eigenvalue weighted by atomic mass is 16.5. The van der Waals surface area contributed by atoms with E-state index >= 15 is 0 Å². The van der Waals surface area contributed by atoms with Crippen LogP contribution in [0.15, 0.2) is 23.7 Å². The third-order valence-electron chi connectivity index (χ3n) is 3.18. The first-order valence-corrected chi connectivity index (χ1v) is 6.53. The Balaban J connectivity index is 2.32. The number of anilines is 1. The van der Waals surface area contributed by atoms with Gasteiger partial charge in [0, 0.05) is 17.3 Å². The number of aromatic nitrogens is 2. The number of methoxy groups -OCH3 is 1. The number of hydrogen-bond acceptors (Lipinski definition) is 5. The highest BCUT2D eigenvalue weighted by Crippen LogP contribution is 2.29. The number of carbonyl (C=O) groups excluding carboxylic acids is 1. The lowest BCUT2D eigenvalue weighted by Gasteiger charge is -2.20. The Morgan fingerprint density at radius 1 is 1.45 bits per heavy atom. The van der Waals surface area contributed by atoms with Crippen LogP contribution in [-0.4, -0.2) is 34.3 Å². The van der Waals surface area contributed by atoms with Gasteiger partial charge in [-0.3, -0.25) is 9.69 Å². The Morgan fingerprint density at radius 3 is 2.70 bits per heavy atom. The van der Waals surface area contributed by atoms with Crippen molar-refractivity contribution in [1.82, 2.24) is 9.97 Å². The maximum Gasteiger partial charge on any atom is 0.297 e. The van der Waals surface area contributed by atoms with Gasteiger partial charge in [0.25, 0.3) is 5.91 Å². The number of hydrogen-bond donors (Lipinski definition) is 1. The number of nitrogens with zero attached hydrogens (tertiary/aromatic N) is 3. The molecule has 0 aliphatic carbocycles. The molecule has 1 aromatic heterocycles. The zero-order valence-corrected chi connectivity index (χ0v) is 12.1. The molecule has 1 N–H and O–H groups in total. The molecule has 0 fully saturated rings. The molecule has 1 amide bonds. The molecule has 6 nitrogen and oxygen atoms in total. The minimum Gasteiger partial charge on any atom is -0.491 e. The Kier molecular flexibility index (Phi) is 4.04. The van der Waals surface area contributed by atoms with E-state index in [0.717, 1.165) is 12.1 Å². The van der Waals surface area contributed by atoms with Gasteiger partial charge in [-0.15, -0.1) is 0 Å². The molecule has 1 unspecified atom stereocenters. The fourth-order valence-electron chi connectivity index (χ4n) is 2.23. The van der Waals surface area contributed by atoms with Crippen LogP contribution in [0.3, 0.4) is 0 Å². The molecule has 0 radical (unpaired) electrons. The van der Waals surface area contributed by atoms with Crippen molar-refractivity contribution in [3.63, 3.8) is 0 Å². The Bertz CT molecular complexity index is 554. The maximum absolute atomic E-state index is 12.2. The van der Waals surface area contributed by atoms with E-state index in [1.165, 1.54) is 18.3 Å². The van der Waals surface area contributed by atoms with E-state index in [1.54, 1.807) is 13.0 Å². The third-order valence-corrected chi connectivity index (χ3v) is 3.18. The van der Waals surface area contributed by atoms with Gasteiger partial charge >= 0.3 is 0 Å². The third kappa shape index (κ3) is 2.51. The molecule has 0 saturated carbocycles. The Hall–Kier alpha value is -1.95. The van der Waals surface area contributed by atoms with Crippen molar-refractivity contribution in [2.45, 2.75) is 33.4 Å². The van der Waals surface area contributed by atoms with Crippen molar-refractivity contribution >= 4 is 11.7 Å². The van der Waals surface area contributed by atoms with E-state index < -0.39 is 6.23 Å². The number of carbonyl (C=O) groups is 1. The molecule has 1 atom stereocenters. The van der Waals surface area contributed by atoms with Crippen LogP contribution in [0.25, 0.3) is 0 Å². The first kappa shape index (κ1) is 14.5. The van der Waals surface area contributed by atoms with Gasteiger partial charge in [-0.1, -0.05) is 13.8 Å². The summed E-state index contributed by atoms with van der Waals surface area (Å²) in [4.78, 5) is 21.7. The summed E-state index contributed by atoms with van der Waals surface area (Å²) in [5, 5.41) is 10.2. The van der Waals surface area contributed by atoms with E-state index in [2.05, 4.69) is 23.8 Å². The molecule has 1 aliphatic heterocycles. The minimum absolute atomic E-state index is 0.168. The lowest BCUT2D eigenvalue weighted by Crippen LogP contribution is -2.36. The van der Waals surface area contributed by atoms with Crippen molar-refractivity contribution in [1.29, 1.82) is 0 Å². The van der Waals surface area contributed by atoms with E-state index in [0.29, 0.717) is 17.3 Å².